The fraction of sp³-hybridized carbons (Fsp3) is 0.867. The number of aliphatic hydroxyl groups excluding tert-OH is 1. The van der Waals surface area contributed by atoms with Gasteiger partial charge < -0.3 is 23.1 Å². The second-order valence-electron chi connectivity index (χ2n) is 15.8. The molecule has 0 bridgehead atoms. The van der Waals surface area contributed by atoms with E-state index in [4.69, 9.17) is 18.0 Å². The highest BCUT2D eigenvalue weighted by Crippen LogP contribution is 2.45. The molecule has 0 unspecified atom stereocenters. The Morgan fingerprint density at radius 2 is 1.26 bits per heavy atom. The molecule has 1 saturated heterocycles. The zero-order chi connectivity index (χ0) is 30.8. The number of aliphatic hydroxyl groups is 1. The summed E-state index contributed by atoms with van der Waals surface area (Å²) in [5, 5.41) is 11.9. The molecule has 0 aromatic heterocycles. The van der Waals surface area contributed by atoms with Crippen molar-refractivity contribution in [3.05, 3.63) is 22.8 Å². The van der Waals surface area contributed by atoms with Crippen molar-refractivity contribution in [2.45, 2.75) is 166 Å². The molecular formula is C30H61IO5Si3. The summed E-state index contributed by atoms with van der Waals surface area (Å²) in [5.41, 5.74) is 0. The lowest BCUT2D eigenvalue weighted by atomic mass is 9.90. The fourth-order valence-electron chi connectivity index (χ4n) is 3.85. The SMILES string of the molecule is C=CCC[C@@H]1O[C@@H]([C@H](/C=C/I)O[Si](C)(C)C(C)(C)C)[C@@H](O[Si](C)(C)C(C)(C)C)[C@@H](O[Si](C)(C)C(C)(C)C)[C@H]1O. The summed E-state index contributed by atoms with van der Waals surface area (Å²) in [7, 11) is -6.72. The minimum absolute atomic E-state index is 0.0153. The van der Waals surface area contributed by atoms with Gasteiger partial charge in [0, 0.05) is 0 Å². The number of halogens is 1. The molecule has 0 radical (unpaired) electrons. The molecule has 6 atom stereocenters. The average molecular weight is 713 g/mol. The number of hydrogen-bond acceptors (Lipinski definition) is 5. The highest BCUT2D eigenvalue weighted by molar-refractivity contribution is 14.1. The van der Waals surface area contributed by atoms with Gasteiger partial charge in [-0.1, -0.05) is 91.0 Å². The Bertz CT molecular complexity index is 824. The van der Waals surface area contributed by atoms with Gasteiger partial charge in [0.05, 0.1) is 12.2 Å². The topological polar surface area (TPSA) is 57.2 Å². The minimum Gasteiger partial charge on any atom is -0.408 e. The van der Waals surface area contributed by atoms with Crippen LogP contribution in [0.5, 0.6) is 0 Å². The van der Waals surface area contributed by atoms with E-state index >= 15 is 0 Å². The summed E-state index contributed by atoms with van der Waals surface area (Å²) in [6.45, 7) is 37.8. The van der Waals surface area contributed by atoms with E-state index in [1.54, 1.807) is 0 Å². The average Bonchev–Trinajstić information content (AvgIpc) is 2.72. The van der Waals surface area contributed by atoms with E-state index in [1.807, 2.05) is 10.2 Å². The molecule has 230 valence electrons. The van der Waals surface area contributed by atoms with Gasteiger partial charge in [0.15, 0.2) is 25.0 Å². The zero-order valence-electron chi connectivity index (χ0n) is 27.8. The van der Waals surface area contributed by atoms with Crippen LogP contribution >= 0.6 is 22.6 Å². The normalized spacial score (nSPS) is 27.2. The first-order valence-electron chi connectivity index (χ1n) is 14.6. The van der Waals surface area contributed by atoms with E-state index in [0.29, 0.717) is 6.42 Å². The lowest BCUT2D eigenvalue weighted by Gasteiger charge is -2.54. The van der Waals surface area contributed by atoms with Crippen molar-refractivity contribution in [2.24, 2.45) is 0 Å². The van der Waals surface area contributed by atoms with Crippen molar-refractivity contribution in [1.82, 2.24) is 0 Å². The summed E-state index contributed by atoms with van der Waals surface area (Å²) in [6, 6.07) is 0. The van der Waals surface area contributed by atoms with Crippen LogP contribution in [0, 0.1) is 0 Å². The second kappa shape index (κ2) is 13.5. The van der Waals surface area contributed by atoms with Gasteiger partial charge in [-0.2, -0.15) is 0 Å². The smallest absolute Gasteiger partial charge is 0.193 e. The number of rotatable bonds is 11. The fourth-order valence-corrected chi connectivity index (χ4v) is 8.11. The van der Waals surface area contributed by atoms with Crippen LogP contribution in [0.3, 0.4) is 0 Å². The summed E-state index contributed by atoms with van der Waals surface area (Å²) in [4.78, 5) is 0. The molecule has 9 heteroatoms. The first-order valence-corrected chi connectivity index (χ1v) is 24.5. The van der Waals surface area contributed by atoms with Crippen LogP contribution in [0.2, 0.25) is 54.4 Å². The van der Waals surface area contributed by atoms with Crippen molar-refractivity contribution in [3.8, 4) is 0 Å². The first-order chi connectivity index (χ1) is 17.3. The van der Waals surface area contributed by atoms with Gasteiger partial charge >= 0.3 is 0 Å². The summed E-state index contributed by atoms with van der Waals surface area (Å²) < 4.78 is 30.2. The Morgan fingerprint density at radius 1 is 0.821 bits per heavy atom. The Labute approximate surface area is 258 Å². The molecule has 39 heavy (non-hydrogen) atoms. The van der Waals surface area contributed by atoms with E-state index < -0.39 is 55.5 Å². The highest BCUT2D eigenvalue weighted by atomic mass is 127. The highest BCUT2D eigenvalue weighted by Gasteiger charge is 2.55. The van der Waals surface area contributed by atoms with Crippen LogP contribution in [-0.2, 0) is 18.0 Å². The van der Waals surface area contributed by atoms with Gasteiger partial charge in [0.2, 0.25) is 0 Å². The molecule has 1 rings (SSSR count). The van der Waals surface area contributed by atoms with E-state index in [9.17, 15) is 5.11 Å². The molecule has 0 spiro atoms. The van der Waals surface area contributed by atoms with Gasteiger partial charge in [0.1, 0.15) is 24.4 Å². The first kappa shape index (κ1) is 37.7. The van der Waals surface area contributed by atoms with E-state index in [-0.39, 0.29) is 21.2 Å². The molecule has 1 aliphatic rings. The maximum Gasteiger partial charge on any atom is 0.193 e. The maximum atomic E-state index is 11.9. The Hall–Kier alpha value is 0.661. The van der Waals surface area contributed by atoms with Crippen molar-refractivity contribution >= 4 is 47.5 Å². The van der Waals surface area contributed by atoms with Crippen molar-refractivity contribution in [2.75, 3.05) is 0 Å². The van der Waals surface area contributed by atoms with E-state index in [2.05, 4.69) is 137 Å². The molecule has 0 aromatic carbocycles. The number of ether oxygens (including phenoxy) is 1. The van der Waals surface area contributed by atoms with Crippen molar-refractivity contribution in [3.63, 3.8) is 0 Å². The molecule has 5 nitrogen and oxygen atoms in total. The van der Waals surface area contributed by atoms with Crippen LogP contribution in [0.15, 0.2) is 22.8 Å². The summed E-state index contributed by atoms with van der Waals surface area (Å²) in [6.07, 6.45) is 2.53. The van der Waals surface area contributed by atoms with Gasteiger partial charge in [-0.15, -0.1) is 6.58 Å². The Morgan fingerprint density at radius 3 is 1.64 bits per heavy atom. The predicted octanol–water partition coefficient (Wildman–Crippen LogP) is 9.20. The van der Waals surface area contributed by atoms with Gasteiger partial charge in [0.25, 0.3) is 0 Å². The molecule has 1 heterocycles. The minimum atomic E-state index is -2.28. The molecule has 0 saturated carbocycles. The molecule has 0 aromatic rings. The molecule has 1 N–H and O–H groups in total. The largest absolute Gasteiger partial charge is 0.408 e. The van der Waals surface area contributed by atoms with E-state index in [0.717, 1.165) is 6.42 Å². The molecular weight excluding hydrogens is 651 g/mol. The van der Waals surface area contributed by atoms with Gasteiger partial charge in [-0.25, -0.2) is 0 Å². The van der Waals surface area contributed by atoms with Crippen LogP contribution in [-0.4, -0.2) is 66.7 Å². The molecule has 0 amide bonds. The third-order valence-electron chi connectivity index (χ3n) is 9.65. The number of hydrogen-bond donors (Lipinski definition) is 1. The van der Waals surface area contributed by atoms with Crippen molar-refractivity contribution < 1.29 is 23.1 Å². The standard InChI is InChI=1S/C30H61IO5Si3/c1-17-18-19-22-24(32)26(35-38(13,14)29(5,6)7)27(36-39(15,16)30(8,9)10)25(33-22)23(20-21-31)34-37(11,12)28(2,3)4/h17,20-27,32H,1,18-19H2,2-16H3/b21-20+/t22-,23-,24-,25-,26-,27+/m0/s1. The Balaban J connectivity index is 3.82. The van der Waals surface area contributed by atoms with Crippen LogP contribution in [0.1, 0.15) is 75.2 Å². The maximum absolute atomic E-state index is 11.9. The van der Waals surface area contributed by atoms with Crippen LogP contribution in [0.25, 0.3) is 0 Å². The quantitative estimate of drug-likeness (QED) is 0.132. The van der Waals surface area contributed by atoms with E-state index in [1.165, 1.54) is 0 Å². The molecule has 1 fully saturated rings. The lowest BCUT2D eigenvalue weighted by Crippen LogP contribution is -2.67. The third kappa shape index (κ3) is 9.58. The zero-order valence-corrected chi connectivity index (χ0v) is 32.9. The Kier molecular flexibility index (Phi) is 13.1. The number of allylic oxidation sites excluding steroid dienone is 1. The predicted molar refractivity (Wildman–Crippen MR) is 183 cm³/mol. The summed E-state index contributed by atoms with van der Waals surface area (Å²) >= 11 is 2.27. The second-order valence-corrected chi connectivity index (χ2v) is 30.8. The lowest BCUT2D eigenvalue weighted by molar-refractivity contribution is -0.229. The monoisotopic (exact) mass is 712 g/mol. The van der Waals surface area contributed by atoms with Crippen molar-refractivity contribution in [1.29, 1.82) is 0 Å². The van der Waals surface area contributed by atoms with Crippen LogP contribution < -0.4 is 0 Å². The van der Waals surface area contributed by atoms with Crippen LogP contribution in [0.4, 0.5) is 0 Å². The third-order valence-corrected chi connectivity index (χ3v) is 23.5. The molecule has 1 aliphatic heterocycles. The molecule has 0 aliphatic carbocycles. The summed E-state index contributed by atoms with van der Waals surface area (Å²) in [5.74, 6) is 0. The van der Waals surface area contributed by atoms with Gasteiger partial charge in [-0.05, 0) is 77.4 Å². The van der Waals surface area contributed by atoms with Gasteiger partial charge in [-0.3, -0.25) is 0 Å².